The minimum Gasteiger partial charge on any atom is -0.282 e. The van der Waals surface area contributed by atoms with Crippen LogP contribution in [-0.4, -0.2) is 53.6 Å². The van der Waals surface area contributed by atoms with Crippen molar-refractivity contribution in [1.29, 1.82) is 0 Å². The van der Waals surface area contributed by atoms with E-state index in [0.29, 0.717) is 43.7 Å². The fourth-order valence-electron chi connectivity index (χ4n) is 2.91. The van der Waals surface area contributed by atoms with E-state index in [0.717, 1.165) is 10.0 Å². The lowest BCUT2D eigenvalue weighted by molar-refractivity contribution is 0.145. The Morgan fingerprint density at radius 1 is 1.12 bits per heavy atom. The van der Waals surface area contributed by atoms with Crippen LogP contribution in [-0.2, 0) is 16.7 Å². The van der Waals surface area contributed by atoms with Crippen LogP contribution in [0.3, 0.4) is 0 Å². The van der Waals surface area contributed by atoms with Crippen LogP contribution in [0.15, 0.2) is 46.0 Å². The average molecular weight is 427 g/mol. The van der Waals surface area contributed by atoms with Crippen LogP contribution < -0.4 is 0 Å². The fourth-order valence-corrected chi connectivity index (χ4v) is 4.66. The van der Waals surface area contributed by atoms with Gasteiger partial charge in [-0.3, -0.25) is 9.58 Å². The molecular weight excluding hydrogens is 404 g/mol. The summed E-state index contributed by atoms with van der Waals surface area (Å²) in [6, 6.07) is 7.25. The highest BCUT2D eigenvalue weighted by molar-refractivity contribution is 9.10. The summed E-state index contributed by atoms with van der Waals surface area (Å²) in [4.78, 5) is 2.58. The van der Waals surface area contributed by atoms with Gasteiger partial charge in [-0.2, -0.15) is 9.40 Å². The largest absolute Gasteiger partial charge is 0.282 e. The maximum atomic E-state index is 12.8. The van der Waals surface area contributed by atoms with Gasteiger partial charge in [0.15, 0.2) is 0 Å². The molecule has 1 aromatic heterocycles. The molecule has 1 saturated heterocycles. The van der Waals surface area contributed by atoms with E-state index in [9.17, 15) is 8.42 Å². The monoisotopic (exact) mass is 426 g/mol. The molecular formula is C17H23BrN4O2S. The predicted octanol–water partition coefficient (Wildman–Crippen LogP) is 2.73. The maximum Gasteiger partial charge on any atom is 0.243 e. The van der Waals surface area contributed by atoms with E-state index in [1.807, 2.05) is 23.0 Å². The molecule has 0 amide bonds. The second kappa shape index (κ2) is 7.57. The molecule has 136 valence electrons. The molecule has 1 fully saturated rings. The highest BCUT2D eigenvalue weighted by Gasteiger charge is 2.28. The Morgan fingerprint density at radius 3 is 2.28 bits per heavy atom. The van der Waals surface area contributed by atoms with Crippen LogP contribution in [0, 0.1) is 0 Å². The van der Waals surface area contributed by atoms with Gasteiger partial charge in [-0.25, -0.2) is 8.42 Å². The third-order valence-corrected chi connectivity index (χ3v) is 6.78. The predicted molar refractivity (Wildman–Crippen MR) is 101 cm³/mol. The first kappa shape index (κ1) is 18.6. The lowest BCUT2D eigenvalue weighted by Crippen LogP contribution is -2.48. The molecule has 6 nitrogen and oxygen atoms in total. The molecule has 1 aromatic carbocycles. The summed E-state index contributed by atoms with van der Waals surface area (Å²) in [5.41, 5.74) is 1.15. The number of piperazine rings is 1. The third-order valence-electron chi connectivity index (χ3n) is 4.46. The highest BCUT2D eigenvalue weighted by atomic mass is 79.9. The van der Waals surface area contributed by atoms with Crippen molar-refractivity contribution in [1.82, 2.24) is 19.0 Å². The second-order valence-electron chi connectivity index (χ2n) is 6.59. The average Bonchev–Trinajstić information content (AvgIpc) is 3.00. The van der Waals surface area contributed by atoms with E-state index >= 15 is 0 Å². The summed E-state index contributed by atoms with van der Waals surface area (Å²) in [6.45, 7) is 7.25. The van der Waals surface area contributed by atoms with Gasteiger partial charge in [-0.1, -0.05) is 26.0 Å². The Labute approximate surface area is 157 Å². The van der Waals surface area contributed by atoms with E-state index in [2.05, 4.69) is 39.8 Å². The quantitative estimate of drug-likeness (QED) is 0.737. The molecule has 1 aliphatic rings. The normalized spacial score (nSPS) is 17.3. The van der Waals surface area contributed by atoms with Gasteiger partial charge in [0, 0.05) is 32.4 Å². The van der Waals surface area contributed by atoms with Crippen molar-refractivity contribution >= 4 is 26.0 Å². The van der Waals surface area contributed by atoms with Gasteiger partial charge in [-0.15, -0.1) is 0 Å². The summed E-state index contributed by atoms with van der Waals surface area (Å²) < 4.78 is 30.0. The Balaban J connectivity index is 1.62. The van der Waals surface area contributed by atoms with Gasteiger partial charge in [-0.05, 0) is 39.5 Å². The Kier molecular flexibility index (Phi) is 5.62. The summed E-state index contributed by atoms with van der Waals surface area (Å²) >= 11 is 3.38. The van der Waals surface area contributed by atoms with Crippen LogP contribution in [0.4, 0.5) is 0 Å². The topological polar surface area (TPSA) is 58.4 Å². The molecule has 1 aliphatic heterocycles. The van der Waals surface area contributed by atoms with Crippen LogP contribution in [0.1, 0.15) is 25.3 Å². The van der Waals surface area contributed by atoms with E-state index in [4.69, 9.17) is 0 Å². The Bertz CT molecular complexity index is 809. The first-order chi connectivity index (χ1) is 11.9. The summed E-state index contributed by atoms with van der Waals surface area (Å²) in [6.07, 6.45) is 3.67. The van der Waals surface area contributed by atoms with Crippen LogP contribution in [0.2, 0.25) is 0 Å². The molecule has 0 spiro atoms. The van der Waals surface area contributed by atoms with E-state index in [1.165, 1.54) is 0 Å². The lowest BCUT2D eigenvalue weighted by Gasteiger charge is -2.33. The van der Waals surface area contributed by atoms with Gasteiger partial charge in [0.2, 0.25) is 10.0 Å². The van der Waals surface area contributed by atoms with Crippen molar-refractivity contribution in [3.8, 4) is 0 Å². The van der Waals surface area contributed by atoms with Crippen LogP contribution in [0.5, 0.6) is 0 Å². The second-order valence-corrected chi connectivity index (χ2v) is 9.44. The molecule has 0 saturated carbocycles. The SMILES string of the molecule is CC(C)c1ccc(S(=O)(=O)N2CCN(Cn3cc(Br)cn3)CC2)cc1. The summed E-state index contributed by atoms with van der Waals surface area (Å²) in [5.74, 6) is 0.391. The molecule has 3 rings (SSSR count). The molecule has 8 heteroatoms. The summed E-state index contributed by atoms with van der Waals surface area (Å²) in [7, 11) is -3.42. The lowest BCUT2D eigenvalue weighted by atomic mass is 10.0. The molecule has 0 aliphatic carbocycles. The number of halogens is 1. The number of aromatic nitrogens is 2. The Hall–Kier alpha value is -1.22. The standard InChI is InChI=1S/C17H23BrN4O2S/c1-14(2)15-3-5-17(6-4-15)25(23,24)22-9-7-20(8-10-22)13-21-12-16(18)11-19-21/h3-6,11-12,14H,7-10,13H2,1-2H3. The van der Waals surface area contributed by atoms with Crippen molar-refractivity contribution in [3.05, 3.63) is 46.7 Å². The van der Waals surface area contributed by atoms with Crippen molar-refractivity contribution in [3.63, 3.8) is 0 Å². The first-order valence-corrected chi connectivity index (χ1v) is 10.6. The number of hydrogen-bond donors (Lipinski definition) is 0. The van der Waals surface area contributed by atoms with Gasteiger partial charge in [0.1, 0.15) is 0 Å². The zero-order valence-electron chi connectivity index (χ0n) is 14.5. The van der Waals surface area contributed by atoms with Crippen LogP contribution >= 0.6 is 15.9 Å². The smallest absolute Gasteiger partial charge is 0.243 e. The molecule has 0 radical (unpaired) electrons. The first-order valence-electron chi connectivity index (χ1n) is 8.36. The Morgan fingerprint density at radius 2 is 1.76 bits per heavy atom. The van der Waals surface area contributed by atoms with E-state index in [-0.39, 0.29) is 0 Å². The van der Waals surface area contributed by atoms with E-state index < -0.39 is 10.0 Å². The maximum absolute atomic E-state index is 12.8. The van der Waals surface area contributed by atoms with Crippen molar-refractivity contribution in [2.75, 3.05) is 26.2 Å². The number of nitrogens with zero attached hydrogens (tertiary/aromatic N) is 4. The fraction of sp³-hybridized carbons (Fsp3) is 0.471. The minimum atomic E-state index is -3.42. The molecule has 0 N–H and O–H groups in total. The number of sulfonamides is 1. The third kappa shape index (κ3) is 4.31. The molecule has 0 atom stereocenters. The van der Waals surface area contributed by atoms with Gasteiger partial charge >= 0.3 is 0 Å². The van der Waals surface area contributed by atoms with Crippen molar-refractivity contribution in [2.24, 2.45) is 0 Å². The van der Waals surface area contributed by atoms with Crippen molar-refractivity contribution < 1.29 is 8.42 Å². The van der Waals surface area contributed by atoms with E-state index in [1.54, 1.807) is 22.6 Å². The van der Waals surface area contributed by atoms with Gasteiger partial charge in [0.05, 0.1) is 22.2 Å². The zero-order chi connectivity index (χ0) is 18.0. The molecule has 2 heterocycles. The highest BCUT2D eigenvalue weighted by Crippen LogP contribution is 2.21. The van der Waals surface area contributed by atoms with Crippen LogP contribution in [0.25, 0.3) is 0 Å². The minimum absolute atomic E-state index is 0.376. The van der Waals surface area contributed by atoms with Gasteiger partial charge < -0.3 is 0 Å². The molecule has 0 bridgehead atoms. The molecule has 0 unspecified atom stereocenters. The number of hydrogen-bond acceptors (Lipinski definition) is 4. The van der Waals surface area contributed by atoms with Gasteiger partial charge in [0.25, 0.3) is 0 Å². The van der Waals surface area contributed by atoms with Crippen molar-refractivity contribution in [2.45, 2.75) is 31.3 Å². The molecule has 2 aromatic rings. The summed E-state index contributed by atoms with van der Waals surface area (Å²) in [5, 5.41) is 4.24. The molecule has 25 heavy (non-hydrogen) atoms. The zero-order valence-corrected chi connectivity index (χ0v) is 16.9. The number of rotatable bonds is 5. The number of benzene rings is 1.